The van der Waals surface area contributed by atoms with Crippen LogP contribution in [0.25, 0.3) is 0 Å². The summed E-state index contributed by atoms with van der Waals surface area (Å²) in [7, 11) is 1.05. The summed E-state index contributed by atoms with van der Waals surface area (Å²) in [6, 6.07) is 3.44. The van der Waals surface area contributed by atoms with E-state index >= 15 is 0 Å². The Hall–Kier alpha value is -2.03. The minimum absolute atomic E-state index is 0.0216. The third-order valence-corrected chi connectivity index (χ3v) is 2.46. The van der Waals surface area contributed by atoms with Gasteiger partial charge in [0.2, 0.25) is 0 Å². The number of alkyl halides is 3. The van der Waals surface area contributed by atoms with Gasteiger partial charge in [0, 0.05) is 0 Å². The molecule has 0 aliphatic heterocycles. The minimum atomic E-state index is -4.57. The van der Waals surface area contributed by atoms with Crippen molar-refractivity contribution in [2.24, 2.45) is 0 Å². The van der Waals surface area contributed by atoms with Gasteiger partial charge >= 0.3 is 12.1 Å². The van der Waals surface area contributed by atoms with Crippen molar-refractivity contribution in [3.63, 3.8) is 0 Å². The molecule has 0 aliphatic rings. The maximum Gasteiger partial charge on any atom is 0.416 e. The summed E-state index contributed by atoms with van der Waals surface area (Å²) in [6.07, 6.45) is -4.45. The monoisotopic (exact) mass is 257 g/mol. The zero-order chi connectivity index (χ0) is 13.9. The Bertz CT molecular complexity index is 515. The summed E-state index contributed by atoms with van der Waals surface area (Å²) in [5.41, 5.74) is -1.42. The number of ether oxygens (including phenoxy) is 1. The Morgan fingerprint density at radius 3 is 2.44 bits per heavy atom. The molecule has 0 saturated carbocycles. The summed E-state index contributed by atoms with van der Waals surface area (Å²) < 4.78 is 42.7. The van der Waals surface area contributed by atoms with Crippen LogP contribution in [-0.2, 0) is 17.3 Å². The van der Waals surface area contributed by atoms with Gasteiger partial charge in [0.15, 0.2) is 0 Å². The number of nitrogens with zero attached hydrogens (tertiary/aromatic N) is 1. The third-order valence-electron chi connectivity index (χ3n) is 2.46. The average Bonchev–Trinajstić information content (AvgIpc) is 2.34. The number of rotatable bonds is 2. The van der Waals surface area contributed by atoms with Crippen molar-refractivity contribution >= 4 is 5.97 Å². The first kappa shape index (κ1) is 14.0. The summed E-state index contributed by atoms with van der Waals surface area (Å²) in [6.45, 7) is 1.55. The van der Waals surface area contributed by atoms with E-state index < -0.39 is 17.7 Å². The van der Waals surface area contributed by atoms with E-state index in [2.05, 4.69) is 4.74 Å². The fourth-order valence-electron chi connectivity index (χ4n) is 1.57. The van der Waals surface area contributed by atoms with Crippen LogP contribution in [0.15, 0.2) is 12.1 Å². The second kappa shape index (κ2) is 5.08. The van der Waals surface area contributed by atoms with Crippen LogP contribution in [0.3, 0.4) is 0 Å². The standard InChI is InChI=1S/C12H10F3NO2/c1-3-7-4-8(6-16)9(11(17)18-2)5-10(7)12(13,14)15/h4-5H,3H2,1-2H3. The summed E-state index contributed by atoms with van der Waals surface area (Å²) in [5, 5.41) is 8.84. The highest BCUT2D eigenvalue weighted by Crippen LogP contribution is 2.34. The molecule has 0 aliphatic carbocycles. The average molecular weight is 257 g/mol. The van der Waals surface area contributed by atoms with E-state index in [0.29, 0.717) is 6.07 Å². The van der Waals surface area contributed by atoms with Gasteiger partial charge < -0.3 is 4.74 Å². The lowest BCUT2D eigenvalue weighted by atomic mass is 9.97. The summed E-state index contributed by atoms with van der Waals surface area (Å²) in [4.78, 5) is 11.3. The highest BCUT2D eigenvalue weighted by molar-refractivity contribution is 5.92. The van der Waals surface area contributed by atoms with Crippen LogP contribution in [0, 0.1) is 11.3 Å². The van der Waals surface area contributed by atoms with Crippen molar-refractivity contribution in [3.05, 3.63) is 34.4 Å². The van der Waals surface area contributed by atoms with Crippen LogP contribution < -0.4 is 0 Å². The maximum absolute atomic E-state index is 12.8. The van der Waals surface area contributed by atoms with Crippen LogP contribution >= 0.6 is 0 Å². The highest BCUT2D eigenvalue weighted by Gasteiger charge is 2.34. The molecule has 0 spiro atoms. The van der Waals surface area contributed by atoms with E-state index in [1.807, 2.05) is 0 Å². The number of esters is 1. The van der Waals surface area contributed by atoms with Gasteiger partial charge in [0.25, 0.3) is 0 Å². The van der Waals surface area contributed by atoms with E-state index in [1.165, 1.54) is 0 Å². The molecule has 0 aromatic heterocycles. The molecule has 0 radical (unpaired) electrons. The normalized spacial score (nSPS) is 10.9. The molecule has 0 bridgehead atoms. The number of methoxy groups -OCH3 is 1. The molecule has 0 saturated heterocycles. The van der Waals surface area contributed by atoms with Crippen LogP contribution in [0.4, 0.5) is 13.2 Å². The maximum atomic E-state index is 12.8. The van der Waals surface area contributed by atoms with E-state index in [1.54, 1.807) is 13.0 Å². The van der Waals surface area contributed by atoms with Crippen LogP contribution in [-0.4, -0.2) is 13.1 Å². The second-order valence-corrected chi connectivity index (χ2v) is 3.51. The van der Waals surface area contributed by atoms with Crippen LogP contribution in [0.5, 0.6) is 0 Å². The van der Waals surface area contributed by atoms with Gasteiger partial charge in [0.05, 0.1) is 23.8 Å². The third kappa shape index (κ3) is 2.62. The van der Waals surface area contributed by atoms with Crippen LogP contribution in [0.1, 0.15) is 34.0 Å². The molecule has 1 aromatic rings. The zero-order valence-electron chi connectivity index (χ0n) is 9.76. The first-order valence-corrected chi connectivity index (χ1v) is 5.07. The molecule has 0 unspecified atom stereocenters. The van der Waals surface area contributed by atoms with Crippen molar-refractivity contribution in [1.29, 1.82) is 5.26 Å². The largest absolute Gasteiger partial charge is 0.465 e. The molecule has 96 valence electrons. The fourth-order valence-corrected chi connectivity index (χ4v) is 1.57. The van der Waals surface area contributed by atoms with Gasteiger partial charge in [0.1, 0.15) is 6.07 Å². The number of aryl methyl sites for hydroxylation is 1. The molecule has 0 amide bonds. The van der Waals surface area contributed by atoms with Gasteiger partial charge in [-0.15, -0.1) is 0 Å². The van der Waals surface area contributed by atoms with Gasteiger partial charge in [-0.3, -0.25) is 0 Å². The number of carbonyl (C=O) groups excluding carboxylic acids is 1. The first-order valence-electron chi connectivity index (χ1n) is 5.07. The Balaban J connectivity index is 3.55. The predicted molar refractivity (Wildman–Crippen MR) is 56.9 cm³/mol. The molecular weight excluding hydrogens is 247 g/mol. The molecule has 0 atom stereocenters. The Labute approximate surface area is 102 Å². The van der Waals surface area contributed by atoms with E-state index in [4.69, 9.17) is 5.26 Å². The molecule has 3 nitrogen and oxygen atoms in total. The molecule has 18 heavy (non-hydrogen) atoms. The lowest BCUT2D eigenvalue weighted by Gasteiger charge is -2.14. The number of hydrogen-bond acceptors (Lipinski definition) is 3. The lowest BCUT2D eigenvalue weighted by molar-refractivity contribution is -0.138. The van der Waals surface area contributed by atoms with E-state index in [-0.39, 0.29) is 23.1 Å². The SMILES string of the molecule is CCc1cc(C#N)c(C(=O)OC)cc1C(F)(F)F. The zero-order valence-corrected chi connectivity index (χ0v) is 9.76. The summed E-state index contributed by atoms with van der Waals surface area (Å²) in [5.74, 6) is -0.959. The predicted octanol–water partition coefficient (Wildman–Crippen LogP) is 2.93. The Morgan fingerprint density at radius 2 is 2.06 bits per heavy atom. The van der Waals surface area contributed by atoms with Crippen molar-refractivity contribution in [2.75, 3.05) is 7.11 Å². The van der Waals surface area contributed by atoms with Crippen molar-refractivity contribution in [1.82, 2.24) is 0 Å². The minimum Gasteiger partial charge on any atom is -0.465 e. The number of nitriles is 1. The van der Waals surface area contributed by atoms with Crippen molar-refractivity contribution < 1.29 is 22.7 Å². The molecule has 1 rings (SSSR count). The number of halogens is 3. The van der Waals surface area contributed by atoms with Crippen LogP contribution in [0.2, 0.25) is 0 Å². The number of carbonyl (C=O) groups is 1. The molecule has 6 heteroatoms. The molecule has 0 heterocycles. The fraction of sp³-hybridized carbons (Fsp3) is 0.333. The van der Waals surface area contributed by atoms with Gasteiger partial charge in [-0.25, -0.2) is 4.79 Å². The molecule has 0 fully saturated rings. The highest BCUT2D eigenvalue weighted by atomic mass is 19.4. The number of hydrogen-bond donors (Lipinski definition) is 0. The number of benzene rings is 1. The molecular formula is C12H10F3NO2. The van der Waals surface area contributed by atoms with Gasteiger partial charge in [-0.1, -0.05) is 6.92 Å². The summed E-state index contributed by atoms with van der Waals surface area (Å²) >= 11 is 0. The first-order chi connectivity index (χ1) is 8.35. The Morgan fingerprint density at radius 1 is 1.44 bits per heavy atom. The smallest absolute Gasteiger partial charge is 0.416 e. The quantitative estimate of drug-likeness (QED) is 0.765. The lowest BCUT2D eigenvalue weighted by Crippen LogP contribution is -2.13. The topological polar surface area (TPSA) is 50.1 Å². The van der Waals surface area contributed by atoms with Gasteiger partial charge in [-0.05, 0) is 24.1 Å². The molecule has 1 aromatic carbocycles. The van der Waals surface area contributed by atoms with E-state index in [9.17, 15) is 18.0 Å². The van der Waals surface area contributed by atoms with E-state index in [0.717, 1.165) is 13.2 Å². The molecule has 0 N–H and O–H groups in total. The second-order valence-electron chi connectivity index (χ2n) is 3.51. The van der Waals surface area contributed by atoms with Crippen molar-refractivity contribution in [2.45, 2.75) is 19.5 Å². The Kier molecular flexibility index (Phi) is 3.96. The van der Waals surface area contributed by atoms with Crippen molar-refractivity contribution in [3.8, 4) is 6.07 Å². The van der Waals surface area contributed by atoms with Gasteiger partial charge in [-0.2, -0.15) is 18.4 Å².